The zero-order valence-electron chi connectivity index (χ0n) is 14.2. The summed E-state index contributed by atoms with van der Waals surface area (Å²) in [5, 5.41) is 8.11. The molecule has 0 saturated carbocycles. The SMILES string of the molecule is Cc1ccc(NC(=O)CN2CCc3cc(S(N)(=O)=O)ccc32)c(C)c1. The maximum absolute atomic E-state index is 12.4. The van der Waals surface area contributed by atoms with E-state index in [-0.39, 0.29) is 17.3 Å². The van der Waals surface area contributed by atoms with Crippen LogP contribution in [0, 0.1) is 13.8 Å². The average molecular weight is 359 g/mol. The first kappa shape index (κ1) is 17.4. The van der Waals surface area contributed by atoms with E-state index in [1.54, 1.807) is 12.1 Å². The van der Waals surface area contributed by atoms with Gasteiger partial charge in [-0.25, -0.2) is 13.6 Å². The molecule has 0 spiro atoms. The van der Waals surface area contributed by atoms with E-state index >= 15 is 0 Å². The second kappa shape index (κ2) is 6.50. The molecule has 2 aromatic rings. The molecule has 0 fully saturated rings. The zero-order valence-corrected chi connectivity index (χ0v) is 15.1. The molecular formula is C18H21N3O3S. The largest absolute Gasteiger partial charge is 0.362 e. The molecule has 1 aliphatic rings. The molecule has 3 rings (SSSR count). The predicted molar refractivity (Wildman–Crippen MR) is 98.3 cm³/mol. The lowest BCUT2D eigenvalue weighted by Gasteiger charge is -2.19. The molecule has 25 heavy (non-hydrogen) atoms. The summed E-state index contributed by atoms with van der Waals surface area (Å²) in [7, 11) is -3.71. The lowest BCUT2D eigenvalue weighted by atomic mass is 10.1. The van der Waals surface area contributed by atoms with Gasteiger partial charge in [-0.2, -0.15) is 0 Å². The minimum atomic E-state index is -3.71. The normalized spacial score (nSPS) is 13.6. The van der Waals surface area contributed by atoms with E-state index in [1.807, 2.05) is 36.9 Å². The number of anilines is 2. The molecule has 7 heteroatoms. The Bertz CT molecular complexity index is 939. The summed E-state index contributed by atoms with van der Waals surface area (Å²) in [6.07, 6.45) is 0.690. The smallest absolute Gasteiger partial charge is 0.243 e. The Morgan fingerprint density at radius 1 is 1.20 bits per heavy atom. The van der Waals surface area contributed by atoms with Crippen molar-refractivity contribution in [3.8, 4) is 0 Å². The van der Waals surface area contributed by atoms with Crippen LogP contribution in [-0.2, 0) is 21.2 Å². The van der Waals surface area contributed by atoms with E-state index < -0.39 is 10.0 Å². The monoisotopic (exact) mass is 359 g/mol. The zero-order chi connectivity index (χ0) is 18.2. The lowest BCUT2D eigenvalue weighted by molar-refractivity contribution is -0.115. The van der Waals surface area contributed by atoms with E-state index in [4.69, 9.17) is 5.14 Å². The van der Waals surface area contributed by atoms with Gasteiger partial charge in [-0.3, -0.25) is 4.79 Å². The van der Waals surface area contributed by atoms with Crippen LogP contribution in [0.5, 0.6) is 0 Å². The van der Waals surface area contributed by atoms with Gasteiger partial charge in [0.05, 0.1) is 11.4 Å². The molecule has 1 amide bonds. The molecule has 0 radical (unpaired) electrons. The van der Waals surface area contributed by atoms with Gasteiger partial charge in [-0.15, -0.1) is 0 Å². The van der Waals surface area contributed by atoms with Crippen LogP contribution in [0.3, 0.4) is 0 Å². The van der Waals surface area contributed by atoms with E-state index in [0.29, 0.717) is 13.0 Å². The number of benzene rings is 2. The number of amides is 1. The van der Waals surface area contributed by atoms with Crippen LogP contribution < -0.4 is 15.4 Å². The maximum Gasteiger partial charge on any atom is 0.243 e. The Kier molecular flexibility index (Phi) is 4.53. The number of sulfonamides is 1. The van der Waals surface area contributed by atoms with Gasteiger partial charge < -0.3 is 10.2 Å². The maximum atomic E-state index is 12.4. The van der Waals surface area contributed by atoms with Gasteiger partial charge in [0.25, 0.3) is 0 Å². The molecule has 0 atom stereocenters. The fraction of sp³-hybridized carbons (Fsp3) is 0.278. The van der Waals surface area contributed by atoms with Gasteiger partial charge in [0.15, 0.2) is 0 Å². The van der Waals surface area contributed by atoms with Crippen LogP contribution in [0.25, 0.3) is 0 Å². The van der Waals surface area contributed by atoms with Crippen LogP contribution in [0.4, 0.5) is 11.4 Å². The first-order valence-corrected chi connectivity index (χ1v) is 9.56. The standard InChI is InChI=1S/C18H21N3O3S/c1-12-3-5-16(13(2)9-12)20-18(22)11-21-8-7-14-10-15(25(19,23)24)4-6-17(14)21/h3-6,9-10H,7-8,11H2,1-2H3,(H,20,22)(H2,19,23,24). The third kappa shape index (κ3) is 3.83. The third-order valence-corrected chi connectivity index (χ3v) is 5.27. The fourth-order valence-electron chi connectivity index (χ4n) is 3.10. The quantitative estimate of drug-likeness (QED) is 0.873. The number of nitrogens with two attached hydrogens (primary N) is 1. The highest BCUT2D eigenvalue weighted by Gasteiger charge is 2.23. The average Bonchev–Trinajstić information content (AvgIpc) is 2.91. The number of hydrogen-bond acceptors (Lipinski definition) is 4. The lowest BCUT2D eigenvalue weighted by Crippen LogP contribution is -2.32. The number of nitrogens with zero attached hydrogens (tertiary/aromatic N) is 1. The number of nitrogens with one attached hydrogen (secondary N) is 1. The first-order chi connectivity index (χ1) is 11.7. The topological polar surface area (TPSA) is 92.5 Å². The molecular weight excluding hydrogens is 338 g/mol. The molecule has 0 aromatic heterocycles. The van der Waals surface area contributed by atoms with Crippen molar-refractivity contribution in [2.75, 3.05) is 23.3 Å². The summed E-state index contributed by atoms with van der Waals surface area (Å²) < 4.78 is 22.9. The molecule has 3 N–H and O–H groups in total. The molecule has 6 nitrogen and oxygen atoms in total. The van der Waals surface area contributed by atoms with Gasteiger partial charge in [0.2, 0.25) is 15.9 Å². The fourth-order valence-corrected chi connectivity index (χ4v) is 3.67. The number of aryl methyl sites for hydroxylation is 2. The Morgan fingerprint density at radius 2 is 1.96 bits per heavy atom. The second-order valence-corrected chi connectivity index (χ2v) is 7.94. The summed E-state index contributed by atoms with van der Waals surface area (Å²) in [6, 6.07) is 10.7. The summed E-state index contributed by atoms with van der Waals surface area (Å²) in [5.41, 5.74) is 4.75. The molecule has 2 aromatic carbocycles. The van der Waals surface area contributed by atoms with E-state index in [2.05, 4.69) is 5.32 Å². The first-order valence-electron chi connectivity index (χ1n) is 8.02. The van der Waals surface area contributed by atoms with Gasteiger partial charge in [0.1, 0.15) is 0 Å². The van der Waals surface area contributed by atoms with Crippen molar-refractivity contribution in [2.24, 2.45) is 5.14 Å². The summed E-state index contributed by atoms with van der Waals surface area (Å²) in [6.45, 7) is 4.86. The van der Waals surface area contributed by atoms with Crippen LogP contribution in [-0.4, -0.2) is 27.4 Å². The van der Waals surface area contributed by atoms with Crippen LogP contribution in [0.15, 0.2) is 41.3 Å². The minimum Gasteiger partial charge on any atom is -0.362 e. The Hall–Kier alpha value is -2.38. The Morgan fingerprint density at radius 3 is 2.64 bits per heavy atom. The van der Waals surface area contributed by atoms with Gasteiger partial charge in [-0.05, 0) is 55.7 Å². The predicted octanol–water partition coefficient (Wildman–Crippen LogP) is 1.95. The number of hydrogen-bond donors (Lipinski definition) is 2. The van der Waals surface area contributed by atoms with E-state index in [1.165, 1.54) is 6.07 Å². The van der Waals surface area contributed by atoms with Crippen molar-refractivity contribution < 1.29 is 13.2 Å². The van der Waals surface area contributed by atoms with Crippen molar-refractivity contribution in [2.45, 2.75) is 25.2 Å². The van der Waals surface area contributed by atoms with Crippen LogP contribution >= 0.6 is 0 Å². The number of fused-ring (bicyclic) bond motifs is 1. The van der Waals surface area contributed by atoms with Crippen molar-refractivity contribution in [1.29, 1.82) is 0 Å². The molecule has 1 heterocycles. The second-order valence-electron chi connectivity index (χ2n) is 6.37. The number of primary sulfonamides is 1. The molecule has 132 valence electrons. The highest BCUT2D eigenvalue weighted by Crippen LogP contribution is 2.29. The Balaban J connectivity index is 1.72. The molecule has 1 aliphatic heterocycles. The summed E-state index contributed by atoms with van der Waals surface area (Å²) >= 11 is 0. The van der Waals surface area contributed by atoms with Gasteiger partial charge in [-0.1, -0.05) is 17.7 Å². The number of rotatable bonds is 4. The van der Waals surface area contributed by atoms with Crippen molar-refractivity contribution >= 4 is 27.3 Å². The van der Waals surface area contributed by atoms with Crippen molar-refractivity contribution in [1.82, 2.24) is 0 Å². The van der Waals surface area contributed by atoms with Crippen molar-refractivity contribution in [3.05, 3.63) is 53.1 Å². The molecule has 0 bridgehead atoms. The third-order valence-electron chi connectivity index (χ3n) is 4.36. The van der Waals surface area contributed by atoms with Gasteiger partial charge in [0, 0.05) is 17.9 Å². The summed E-state index contributed by atoms with van der Waals surface area (Å²) in [5.74, 6) is -0.102. The molecule has 0 unspecified atom stereocenters. The van der Waals surface area contributed by atoms with Crippen LogP contribution in [0.1, 0.15) is 16.7 Å². The van der Waals surface area contributed by atoms with Gasteiger partial charge >= 0.3 is 0 Å². The molecule has 0 saturated heterocycles. The van der Waals surface area contributed by atoms with Crippen LogP contribution in [0.2, 0.25) is 0 Å². The number of carbonyl (C=O) groups is 1. The highest BCUT2D eigenvalue weighted by atomic mass is 32.2. The molecule has 0 aliphatic carbocycles. The Labute approximate surface area is 147 Å². The summed E-state index contributed by atoms with van der Waals surface area (Å²) in [4.78, 5) is 14.4. The van der Waals surface area contributed by atoms with E-state index in [9.17, 15) is 13.2 Å². The van der Waals surface area contributed by atoms with E-state index in [0.717, 1.165) is 28.1 Å². The van der Waals surface area contributed by atoms with Crippen molar-refractivity contribution in [3.63, 3.8) is 0 Å². The highest BCUT2D eigenvalue weighted by molar-refractivity contribution is 7.89. The number of carbonyl (C=O) groups excluding carboxylic acids is 1. The minimum absolute atomic E-state index is 0.102.